The van der Waals surface area contributed by atoms with Gasteiger partial charge in [-0.25, -0.2) is 21.1 Å². The van der Waals surface area contributed by atoms with Crippen LogP contribution in [0.1, 0.15) is 5.56 Å². The highest BCUT2D eigenvalue weighted by molar-refractivity contribution is 7.90. The molecule has 0 spiro atoms. The lowest BCUT2D eigenvalue weighted by Gasteiger charge is -2.11. The Balaban J connectivity index is 3.05. The molecule has 0 aliphatic heterocycles. The van der Waals surface area contributed by atoms with Gasteiger partial charge in [0.15, 0.2) is 9.84 Å². The van der Waals surface area contributed by atoms with Gasteiger partial charge in [0, 0.05) is 20.4 Å². The molecule has 0 radical (unpaired) electrons. The minimum atomic E-state index is -3.45. The van der Waals surface area contributed by atoms with E-state index in [2.05, 4.69) is 0 Å². The fraction of sp³-hybridized carbons (Fsp3) is 0.400. The van der Waals surface area contributed by atoms with Gasteiger partial charge in [-0.15, -0.1) is 0 Å². The van der Waals surface area contributed by atoms with E-state index in [0.717, 1.165) is 10.6 Å². The average Bonchev–Trinajstić information content (AvgIpc) is 2.15. The van der Waals surface area contributed by atoms with Crippen LogP contribution in [0.25, 0.3) is 0 Å². The zero-order valence-corrected chi connectivity index (χ0v) is 11.5. The molecule has 0 aliphatic rings. The standard InChI is InChI=1S/C10H15NO4S2/c1-11(2)17(14,15)10-6-4-9(5-7-10)8-16(3,12)13/h4-7H,8H2,1-3H3. The van der Waals surface area contributed by atoms with Gasteiger partial charge in [-0.3, -0.25) is 0 Å². The second-order valence-corrected chi connectivity index (χ2v) is 8.29. The Bertz CT molecular complexity index is 586. The molecule has 1 aromatic rings. The van der Waals surface area contributed by atoms with Crippen LogP contribution in [0.15, 0.2) is 29.2 Å². The minimum absolute atomic E-state index is 0.0880. The Morgan fingerprint density at radius 1 is 1.00 bits per heavy atom. The predicted molar refractivity (Wildman–Crippen MR) is 65.9 cm³/mol. The number of nitrogens with zero attached hydrogens (tertiary/aromatic N) is 1. The topological polar surface area (TPSA) is 71.5 Å². The van der Waals surface area contributed by atoms with Gasteiger partial charge in [-0.05, 0) is 17.7 Å². The van der Waals surface area contributed by atoms with Crippen molar-refractivity contribution < 1.29 is 16.8 Å². The highest BCUT2D eigenvalue weighted by Gasteiger charge is 2.16. The Morgan fingerprint density at radius 2 is 1.47 bits per heavy atom. The van der Waals surface area contributed by atoms with Crippen molar-refractivity contribution in [1.82, 2.24) is 4.31 Å². The van der Waals surface area contributed by atoms with Crippen LogP contribution < -0.4 is 0 Å². The minimum Gasteiger partial charge on any atom is -0.229 e. The molecule has 0 aromatic heterocycles. The molecule has 0 atom stereocenters. The predicted octanol–water partition coefficient (Wildman–Crippen LogP) is 0.482. The number of benzene rings is 1. The fourth-order valence-electron chi connectivity index (χ4n) is 1.27. The largest absolute Gasteiger partial charge is 0.242 e. The second kappa shape index (κ2) is 4.75. The summed E-state index contributed by atoms with van der Waals surface area (Å²) in [6, 6.07) is 5.85. The lowest BCUT2D eigenvalue weighted by molar-refractivity contribution is 0.520. The maximum absolute atomic E-state index is 11.7. The Hall–Kier alpha value is -0.920. The first-order chi connectivity index (χ1) is 7.63. The Labute approximate surface area is 102 Å². The van der Waals surface area contributed by atoms with Crippen molar-refractivity contribution in [3.8, 4) is 0 Å². The number of sulfone groups is 1. The van der Waals surface area contributed by atoms with Gasteiger partial charge in [-0.1, -0.05) is 12.1 Å². The highest BCUT2D eigenvalue weighted by atomic mass is 32.2. The first-order valence-corrected chi connectivity index (χ1v) is 8.32. The van der Waals surface area contributed by atoms with Crippen molar-refractivity contribution in [3.05, 3.63) is 29.8 Å². The molecule has 0 aliphatic carbocycles. The molecule has 1 rings (SSSR count). The van der Waals surface area contributed by atoms with Crippen LogP contribution in [0.4, 0.5) is 0 Å². The highest BCUT2D eigenvalue weighted by Crippen LogP contribution is 2.15. The van der Waals surface area contributed by atoms with Crippen molar-refractivity contribution in [2.24, 2.45) is 0 Å². The molecule has 0 saturated carbocycles. The van der Waals surface area contributed by atoms with Gasteiger partial charge < -0.3 is 0 Å². The molecule has 1 aromatic carbocycles. The first-order valence-electron chi connectivity index (χ1n) is 4.82. The average molecular weight is 277 g/mol. The Kier molecular flexibility index (Phi) is 3.95. The maximum atomic E-state index is 11.7. The first kappa shape index (κ1) is 14.1. The summed E-state index contributed by atoms with van der Waals surface area (Å²) in [6.07, 6.45) is 1.14. The molecule has 0 saturated heterocycles. The maximum Gasteiger partial charge on any atom is 0.242 e. The van der Waals surface area contributed by atoms with E-state index in [1.54, 1.807) is 0 Å². The van der Waals surface area contributed by atoms with Gasteiger partial charge in [-0.2, -0.15) is 0 Å². The monoisotopic (exact) mass is 277 g/mol. The fourth-order valence-corrected chi connectivity index (χ4v) is 2.97. The molecule has 0 fully saturated rings. The summed E-state index contributed by atoms with van der Waals surface area (Å²) in [5.74, 6) is -0.0880. The molecule has 0 unspecified atom stereocenters. The summed E-state index contributed by atoms with van der Waals surface area (Å²) in [7, 11) is -3.67. The van der Waals surface area contributed by atoms with Crippen LogP contribution in [-0.2, 0) is 25.6 Å². The van der Waals surface area contributed by atoms with Gasteiger partial charge in [0.1, 0.15) is 0 Å². The van der Waals surface area contributed by atoms with Crippen LogP contribution in [0, 0.1) is 0 Å². The Morgan fingerprint density at radius 3 is 1.82 bits per heavy atom. The van der Waals surface area contributed by atoms with E-state index in [-0.39, 0.29) is 10.6 Å². The van der Waals surface area contributed by atoms with Crippen LogP contribution in [0.2, 0.25) is 0 Å². The molecular formula is C10H15NO4S2. The molecule has 5 nitrogen and oxygen atoms in total. The summed E-state index contributed by atoms with van der Waals surface area (Å²) < 4.78 is 46.7. The summed E-state index contributed by atoms with van der Waals surface area (Å²) in [6.45, 7) is 0. The zero-order valence-electron chi connectivity index (χ0n) is 9.91. The van der Waals surface area contributed by atoms with Crippen molar-refractivity contribution in [2.45, 2.75) is 10.6 Å². The third-order valence-corrected chi connectivity index (χ3v) is 4.82. The number of rotatable bonds is 4. The molecule has 0 heterocycles. The summed E-state index contributed by atoms with van der Waals surface area (Å²) in [5.41, 5.74) is 0.574. The SMILES string of the molecule is CN(C)S(=O)(=O)c1ccc(CS(C)(=O)=O)cc1. The van der Waals surface area contributed by atoms with E-state index >= 15 is 0 Å². The molecule has 7 heteroatoms. The van der Waals surface area contributed by atoms with Crippen molar-refractivity contribution in [1.29, 1.82) is 0 Å². The quantitative estimate of drug-likeness (QED) is 0.802. The third kappa shape index (κ3) is 3.79. The third-order valence-electron chi connectivity index (χ3n) is 2.13. The summed E-state index contributed by atoms with van der Waals surface area (Å²) >= 11 is 0. The van der Waals surface area contributed by atoms with Crippen LogP contribution in [0.3, 0.4) is 0 Å². The zero-order chi connectivity index (χ0) is 13.3. The van der Waals surface area contributed by atoms with Gasteiger partial charge >= 0.3 is 0 Å². The lowest BCUT2D eigenvalue weighted by Crippen LogP contribution is -2.22. The van der Waals surface area contributed by atoms with E-state index in [0.29, 0.717) is 5.56 Å². The van der Waals surface area contributed by atoms with Crippen LogP contribution >= 0.6 is 0 Å². The molecule has 0 bridgehead atoms. The van der Waals surface area contributed by atoms with E-state index in [9.17, 15) is 16.8 Å². The lowest BCUT2D eigenvalue weighted by atomic mass is 10.2. The number of hydrogen-bond donors (Lipinski definition) is 0. The van der Waals surface area contributed by atoms with E-state index < -0.39 is 19.9 Å². The van der Waals surface area contributed by atoms with E-state index in [1.807, 2.05) is 0 Å². The van der Waals surface area contributed by atoms with Crippen molar-refractivity contribution in [3.63, 3.8) is 0 Å². The smallest absolute Gasteiger partial charge is 0.229 e. The van der Waals surface area contributed by atoms with Gasteiger partial charge in [0.25, 0.3) is 0 Å². The van der Waals surface area contributed by atoms with Gasteiger partial charge in [0.05, 0.1) is 10.6 Å². The molecular weight excluding hydrogens is 262 g/mol. The van der Waals surface area contributed by atoms with Crippen LogP contribution in [0.5, 0.6) is 0 Å². The molecule has 96 valence electrons. The van der Waals surface area contributed by atoms with Crippen LogP contribution in [-0.4, -0.2) is 41.5 Å². The van der Waals surface area contributed by atoms with E-state index in [1.165, 1.54) is 38.4 Å². The number of hydrogen-bond acceptors (Lipinski definition) is 4. The number of sulfonamides is 1. The summed E-state index contributed by atoms with van der Waals surface area (Å²) in [4.78, 5) is 0.153. The second-order valence-electron chi connectivity index (χ2n) is 4.00. The van der Waals surface area contributed by atoms with Crippen molar-refractivity contribution in [2.75, 3.05) is 20.4 Å². The van der Waals surface area contributed by atoms with Crippen molar-refractivity contribution >= 4 is 19.9 Å². The molecule has 17 heavy (non-hydrogen) atoms. The molecule has 0 N–H and O–H groups in total. The summed E-state index contributed by atoms with van der Waals surface area (Å²) in [5, 5.41) is 0. The normalized spacial score (nSPS) is 12.9. The molecule has 0 amide bonds. The van der Waals surface area contributed by atoms with E-state index in [4.69, 9.17) is 0 Å². The van der Waals surface area contributed by atoms with Gasteiger partial charge in [0.2, 0.25) is 10.0 Å².